The van der Waals surface area contributed by atoms with Crippen molar-refractivity contribution in [1.82, 2.24) is 4.90 Å². The molecule has 0 spiro atoms. The Hall–Kier alpha value is -1.13. The van der Waals surface area contributed by atoms with E-state index in [1.807, 2.05) is 14.1 Å². The molecule has 96 valence electrons. The lowest BCUT2D eigenvalue weighted by atomic mass is 10.0. The molecule has 0 radical (unpaired) electrons. The predicted molar refractivity (Wildman–Crippen MR) is 67.8 cm³/mol. The van der Waals surface area contributed by atoms with Gasteiger partial charge in [0.2, 0.25) is 0 Å². The summed E-state index contributed by atoms with van der Waals surface area (Å²) in [6, 6.07) is 5.13. The van der Waals surface area contributed by atoms with Crippen molar-refractivity contribution in [3.63, 3.8) is 0 Å². The van der Waals surface area contributed by atoms with Gasteiger partial charge in [-0.05, 0) is 45.1 Å². The first-order valence-electron chi connectivity index (χ1n) is 5.76. The van der Waals surface area contributed by atoms with Crippen LogP contribution in [0.1, 0.15) is 12.0 Å². The lowest BCUT2D eigenvalue weighted by Crippen LogP contribution is -2.28. The number of rotatable bonds is 6. The number of ether oxygens (including phenoxy) is 1. The van der Waals surface area contributed by atoms with Crippen LogP contribution >= 0.6 is 0 Å². The molecule has 0 fully saturated rings. The molecular formula is C13H21FN2O. The van der Waals surface area contributed by atoms with Gasteiger partial charge in [-0.2, -0.15) is 0 Å². The van der Waals surface area contributed by atoms with Crippen molar-refractivity contribution in [3.05, 3.63) is 29.6 Å². The van der Waals surface area contributed by atoms with Crippen molar-refractivity contribution >= 4 is 0 Å². The van der Waals surface area contributed by atoms with Gasteiger partial charge in [0.25, 0.3) is 0 Å². The zero-order valence-electron chi connectivity index (χ0n) is 10.7. The fraction of sp³-hybridized carbons (Fsp3) is 0.538. The minimum atomic E-state index is -0.296. The topological polar surface area (TPSA) is 38.5 Å². The molecule has 17 heavy (non-hydrogen) atoms. The lowest BCUT2D eigenvalue weighted by molar-refractivity contribution is 0.372. The van der Waals surface area contributed by atoms with E-state index in [9.17, 15) is 4.39 Å². The van der Waals surface area contributed by atoms with Crippen LogP contribution in [0.25, 0.3) is 0 Å². The summed E-state index contributed by atoms with van der Waals surface area (Å²) in [6.07, 6.45) is 1.39. The number of benzene rings is 1. The third-order valence-corrected chi connectivity index (χ3v) is 2.69. The minimum absolute atomic E-state index is 0.0287. The second-order valence-electron chi connectivity index (χ2n) is 4.49. The first-order valence-corrected chi connectivity index (χ1v) is 5.76. The van der Waals surface area contributed by atoms with Crippen LogP contribution < -0.4 is 10.5 Å². The van der Waals surface area contributed by atoms with Crippen LogP contribution in [0.5, 0.6) is 5.75 Å². The maximum absolute atomic E-state index is 13.8. The molecule has 1 atom stereocenters. The standard InChI is InChI=1S/C13H21FN2O/c1-16(2)8-7-11(15)9-10-5-4-6-12(17-3)13(10)14/h4-6,11H,7-9,15H2,1-3H3. The van der Waals surface area contributed by atoms with E-state index in [0.29, 0.717) is 12.0 Å². The van der Waals surface area contributed by atoms with Crippen LogP contribution in [0.3, 0.4) is 0 Å². The van der Waals surface area contributed by atoms with Gasteiger partial charge in [-0.3, -0.25) is 0 Å². The summed E-state index contributed by atoms with van der Waals surface area (Å²) in [5.74, 6) is -0.0161. The lowest BCUT2D eigenvalue weighted by Gasteiger charge is -2.16. The number of hydrogen-bond acceptors (Lipinski definition) is 3. The molecular weight excluding hydrogens is 219 g/mol. The summed E-state index contributed by atoms with van der Waals surface area (Å²) >= 11 is 0. The molecule has 1 rings (SSSR count). The van der Waals surface area contributed by atoms with E-state index in [4.69, 9.17) is 10.5 Å². The van der Waals surface area contributed by atoms with Gasteiger partial charge < -0.3 is 15.4 Å². The number of hydrogen-bond donors (Lipinski definition) is 1. The molecule has 0 bridgehead atoms. The minimum Gasteiger partial charge on any atom is -0.494 e. The zero-order valence-corrected chi connectivity index (χ0v) is 10.7. The second-order valence-corrected chi connectivity index (χ2v) is 4.49. The Morgan fingerprint density at radius 2 is 2.12 bits per heavy atom. The molecule has 0 saturated heterocycles. The van der Waals surface area contributed by atoms with Crippen LogP contribution in [0, 0.1) is 5.82 Å². The Labute approximate surface area is 102 Å². The summed E-state index contributed by atoms with van der Waals surface area (Å²) in [7, 11) is 5.46. The highest BCUT2D eigenvalue weighted by Gasteiger charge is 2.12. The SMILES string of the molecule is COc1cccc(CC(N)CCN(C)C)c1F. The highest BCUT2D eigenvalue weighted by Crippen LogP contribution is 2.21. The molecule has 2 N–H and O–H groups in total. The second kappa shape index (κ2) is 6.57. The molecule has 3 nitrogen and oxygen atoms in total. The molecule has 0 heterocycles. The molecule has 4 heteroatoms. The van der Waals surface area contributed by atoms with Crippen LogP contribution in [0.4, 0.5) is 4.39 Å². The summed E-state index contributed by atoms with van der Waals surface area (Å²) in [5, 5.41) is 0. The largest absolute Gasteiger partial charge is 0.494 e. The molecule has 0 aliphatic rings. The van der Waals surface area contributed by atoms with Crippen molar-refractivity contribution < 1.29 is 9.13 Å². The summed E-state index contributed by atoms with van der Waals surface area (Å²) in [4.78, 5) is 2.07. The van der Waals surface area contributed by atoms with E-state index in [1.54, 1.807) is 18.2 Å². The highest BCUT2D eigenvalue weighted by molar-refractivity contribution is 5.31. The maximum Gasteiger partial charge on any atom is 0.168 e. The smallest absolute Gasteiger partial charge is 0.168 e. The van der Waals surface area contributed by atoms with E-state index in [0.717, 1.165) is 13.0 Å². The predicted octanol–water partition coefficient (Wildman–Crippen LogP) is 1.66. The Balaban J connectivity index is 2.62. The van der Waals surface area contributed by atoms with Crippen molar-refractivity contribution in [2.75, 3.05) is 27.7 Å². The fourth-order valence-corrected chi connectivity index (χ4v) is 1.68. The van der Waals surface area contributed by atoms with E-state index in [1.165, 1.54) is 7.11 Å². The Bertz CT molecular complexity index is 355. The monoisotopic (exact) mass is 240 g/mol. The van der Waals surface area contributed by atoms with Gasteiger partial charge in [-0.25, -0.2) is 4.39 Å². The summed E-state index contributed by atoms with van der Waals surface area (Å²) in [5.41, 5.74) is 6.60. The average Bonchev–Trinajstić information content (AvgIpc) is 2.29. The number of nitrogens with two attached hydrogens (primary N) is 1. The van der Waals surface area contributed by atoms with Crippen LogP contribution in [-0.2, 0) is 6.42 Å². The van der Waals surface area contributed by atoms with Crippen LogP contribution in [0.2, 0.25) is 0 Å². The normalized spacial score (nSPS) is 12.8. The van der Waals surface area contributed by atoms with Crippen LogP contribution in [-0.4, -0.2) is 38.7 Å². The molecule has 0 saturated carbocycles. The van der Waals surface area contributed by atoms with E-state index in [2.05, 4.69) is 4.90 Å². The van der Waals surface area contributed by atoms with Gasteiger partial charge in [0.1, 0.15) is 0 Å². The Morgan fingerprint density at radius 3 is 2.71 bits per heavy atom. The molecule has 0 aliphatic carbocycles. The number of halogens is 1. The molecule has 0 amide bonds. The summed E-state index contributed by atoms with van der Waals surface area (Å²) in [6.45, 7) is 0.909. The van der Waals surface area contributed by atoms with Gasteiger partial charge in [-0.1, -0.05) is 12.1 Å². The fourth-order valence-electron chi connectivity index (χ4n) is 1.68. The number of nitrogens with zero attached hydrogens (tertiary/aromatic N) is 1. The van der Waals surface area contributed by atoms with Gasteiger partial charge in [0.05, 0.1) is 7.11 Å². The van der Waals surface area contributed by atoms with Gasteiger partial charge in [0.15, 0.2) is 11.6 Å². The molecule has 0 aliphatic heterocycles. The van der Waals surface area contributed by atoms with Gasteiger partial charge in [-0.15, -0.1) is 0 Å². The Kier molecular flexibility index (Phi) is 5.38. The van der Waals surface area contributed by atoms with Crippen molar-refractivity contribution in [3.8, 4) is 5.75 Å². The van der Waals surface area contributed by atoms with Crippen LogP contribution in [0.15, 0.2) is 18.2 Å². The van der Waals surface area contributed by atoms with Crippen molar-refractivity contribution in [2.24, 2.45) is 5.73 Å². The quantitative estimate of drug-likeness (QED) is 0.822. The molecule has 1 aromatic rings. The van der Waals surface area contributed by atoms with Gasteiger partial charge in [0, 0.05) is 6.04 Å². The third kappa shape index (κ3) is 4.32. The first-order chi connectivity index (χ1) is 8.04. The van der Waals surface area contributed by atoms with Crippen molar-refractivity contribution in [2.45, 2.75) is 18.9 Å². The van der Waals surface area contributed by atoms with E-state index in [-0.39, 0.29) is 17.6 Å². The zero-order chi connectivity index (χ0) is 12.8. The highest BCUT2D eigenvalue weighted by atomic mass is 19.1. The maximum atomic E-state index is 13.8. The molecule has 1 aromatic carbocycles. The van der Waals surface area contributed by atoms with Crippen molar-refractivity contribution in [1.29, 1.82) is 0 Å². The molecule has 1 unspecified atom stereocenters. The average molecular weight is 240 g/mol. The summed E-state index contributed by atoms with van der Waals surface area (Å²) < 4.78 is 18.8. The van der Waals surface area contributed by atoms with E-state index >= 15 is 0 Å². The first kappa shape index (κ1) is 13.9. The molecule has 0 aromatic heterocycles. The number of methoxy groups -OCH3 is 1. The van der Waals surface area contributed by atoms with Gasteiger partial charge >= 0.3 is 0 Å². The van der Waals surface area contributed by atoms with E-state index < -0.39 is 0 Å². The Morgan fingerprint density at radius 1 is 1.41 bits per heavy atom. The third-order valence-electron chi connectivity index (χ3n) is 2.69.